The lowest BCUT2D eigenvalue weighted by Gasteiger charge is -2.44. The van der Waals surface area contributed by atoms with Crippen LogP contribution in [0.3, 0.4) is 0 Å². The minimum absolute atomic E-state index is 0.0388. The Hall–Kier alpha value is -1.78. The highest BCUT2D eigenvalue weighted by molar-refractivity contribution is 5.93. The van der Waals surface area contributed by atoms with E-state index in [1.54, 1.807) is 0 Å². The number of rotatable bonds is 3. The van der Waals surface area contributed by atoms with Crippen LogP contribution in [0.4, 0.5) is 23.4 Å². The van der Waals surface area contributed by atoms with Crippen molar-refractivity contribution in [2.24, 2.45) is 0 Å². The Kier molecular flexibility index (Phi) is 5.11. The maximum Gasteiger partial charge on any atom is 0.418 e. The predicted octanol–water partition coefficient (Wildman–Crippen LogP) is 0.908. The molecule has 6 nitrogen and oxygen atoms in total. The number of aromatic nitrogens is 1. The van der Waals surface area contributed by atoms with Crippen LogP contribution in [0.5, 0.6) is 0 Å². The molecule has 10 heteroatoms. The lowest BCUT2D eigenvalue weighted by atomic mass is 9.89. The number of nitrogens with zero attached hydrogens (tertiary/aromatic N) is 2. The number of amides is 1. The maximum atomic E-state index is 13.0. The van der Waals surface area contributed by atoms with Gasteiger partial charge in [0.15, 0.2) is 5.60 Å². The summed E-state index contributed by atoms with van der Waals surface area (Å²) < 4.78 is 51.7. The molecule has 0 bridgehead atoms. The zero-order chi connectivity index (χ0) is 18.1. The van der Waals surface area contributed by atoms with Crippen LogP contribution in [0, 0.1) is 5.82 Å². The minimum Gasteiger partial charge on any atom is -0.392 e. The Bertz CT molecular complexity index is 596. The van der Waals surface area contributed by atoms with Crippen molar-refractivity contribution in [3.63, 3.8) is 0 Å². The molecule has 1 unspecified atom stereocenters. The average molecular weight is 351 g/mol. The number of hydrogen-bond acceptors (Lipinski definition) is 5. The molecule has 0 saturated carbocycles. The van der Waals surface area contributed by atoms with Crippen molar-refractivity contribution in [2.45, 2.75) is 37.3 Å². The van der Waals surface area contributed by atoms with Crippen LogP contribution < -0.4 is 5.32 Å². The summed E-state index contributed by atoms with van der Waals surface area (Å²) in [5, 5.41) is 21.8. The van der Waals surface area contributed by atoms with Gasteiger partial charge >= 0.3 is 6.18 Å². The van der Waals surface area contributed by atoms with Crippen molar-refractivity contribution < 1.29 is 32.6 Å². The first-order chi connectivity index (χ1) is 11.0. The van der Waals surface area contributed by atoms with Crippen LogP contribution in [-0.4, -0.2) is 63.0 Å². The van der Waals surface area contributed by atoms with Gasteiger partial charge in [0.1, 0.15) is 11.6 Å². The number of anilines is 1. The van der Waals surface area contributed by atoms with Crippen molar-refractivity contribution in [1.82, 2.24) is 9.88 Å². The summed E-state index contributed by atoms with van der Waals surface area (Å²) in [4.78, 5) is 16.8. The van der Waals surface area contributed by atoms with E-state index >= 15 is 0 Å². The summed E-state index contributed by atoms with van der Waals surface area (Å²) in [6, 6.07) is 1.21. The highest BCUT2D eigenvalue weighted by Crippen LogP contribution is 2.37. The van der Waals surface area contributed by atoms with Crippen LogP contribution in [0.25, 0.3) is 0 Å². The quantitative estimate of drug-likeness (QED) is 0.705. The number of halogens is 4. The number of piperidine rings is 1. The number of carbonyl (C=O) groups is 1. The van der Waals surface area contributed by atoms with Crippen molar-refractivity contribution in [3.8, 4) is 0 Å². The minimum atomic E-state index is -4.93. The van der Waals surface area contributed by atoms with Gasteiger partial charge in [0, 0.05) is 19.5 Å². The summed E-state index contributed by atoms with van der Waals surface area (Å²) in [5.74, 6) is -1.25. The van der Waals surface area contributed by atoms with E-state index in [1.807, 2.05) is 0 Å². The molecule has 3 atom stereocenters. The number of β-amino-alcohol motifs (C(OH)–C–C–N with tert-alkyl or cyclic N) is 2. The fourth-order valence-corrected chi connectivity index (χ4v) is 2.54. The predicted molar refractivity (Wildman–Crippen MR) is 75.5 cm³/mol. The fourth-order valence-electron chi connectivity index (χ4n) is 2.54. The van der Waals surface area contributed by atoms with Crippen LogP contribution in [0.2, 0.25) is 0 Å². The number of nitrogens with one attached hydrogen (secondary N) is 1. The molecule has 1 fully saturated rings. The molecule has 1 amide bonds. The summed E-state index contributed by atoms with van der Waals surface area (Å²) in [5.41, 5.74) is -3.09. The van der Waals surface area contributed by atoms with E-state index in [4.69, 9.17) is 0 Å². The Labute approximate surface area is 135 Å². The Morgan fingerprint density at radius 3 is 2.71 bits per heavy atom. The fraction of sp³-hybridized carbons (Fsp3) is 0.571. The SMILES string of the molecule is C[C@@H](C(=O)Nc1ccc(F)cn1)N1C[C@H](O)CC(O)(C(F)(F)F)C1. The molecule has 2 rings (SSSR count). The lowest BCUT2D eigenvalue weighted by Crippen LogP contribution is -2.63. The summed E-state index contributed by atoms with van der Waals surface area (Å²) in [7, 11) is 0. The van der Waals surface area contributed by atoms with Gasteiger partial charge in [-0.1, -0.05) is 0 Å². The monoisotopic (exact) mass is 351 g/mol. The highest BCUT2D eigenvalue weighted by atomic mass is 19.4. The molecule has 0 spiro atoms. The molecular formula is C14H17F4N3O3. The first-order valence-electron chi connectivity index (χ1n) is 7.15. The zero-order valence-corrected chi connectivity index (χ0v) is 12.7. The van der Waals surface area contributed by atoms with Gasteiger partial charge < -0.3 is 15.5 Å². The van der Waals surface area contributed by atoms with E-state index < -0.39 is 48.6 Å². The van der Waals surface area contributed by atoms with Crippen LogP contribution in [0.15, 0.2) is 18.3 Å². The van der Waals surface area contributed by atoms with E-state index in [2.05, 4.69) is 10.3 Å². The van der Waals surface area contributed by atoms with Crippen molar-refractivity contribution in [3.05, 3.63) is 24.1 Å². The molecule has 1 saturated heterocycles. The number of pyridine rings is 1. The van der Waals surface area contributed by atoms with Crippen molar-refractivity contribution in [2.75, 3.05) is 18.4 Å². The van der Waals surface area contributed by atoms with Gasteiger partial charge in [-0.05, 0) is 19.1 Å². The molecular weight excluding hydrogens is 334 g/mol. The standard InChI is InChI=1S/C14H17F4N3O3/c1-8(12(23)20-11-3-2-9(15)5-19-11)21-6-10(22)4-13(24,7-21)14(16,17)18/h2-3,5,8,10,22,24H,4,6-7H2,1H3,(H,19,20,23)/t8-,10+,13?/m0/s1. The molecule has 2 heterocycles. The highest BCUT2D eigenvalue weighted by Gasteiger charge is 2.57. The summed E-state index contributed by atoms with van der Waals surface area (Å²) >= 11 is 0. The van der Waals surface area contributed by atoms with Gasteiger partial charge in [0.25, 0.3) is 0 Å². The van der Waals surface area contributed by atoms with Crippen LogP contribution in [0.1, 0.15) is 13.3 Å². The molecule has 1 aliphatic rings. The van der Waals surface area contributed by atoms with E-state index in [9.17, 15) is 32.6 Å². The van der Waals surface area contributed by atoms with Gasteiger partial charge in [-0.3, -0.25) is 9.69 Å². The third kappa shape index (κ3) is 4.00. The molecule has 3 N–H and O–H groups in total. The number of hydrogen-bond donors (Lipinski definition) is 3. The molecule has 1 aromatic rings. The van der Waals surface area contributed by atoms with Gasteiger partial charge in [-0.15, -0.1) is 0 Å². The maximum absolute atomic E-state index is 13.0. The third-order valence-electron chi connectivity index (χ3n) is 3.92. The lowest BCUT2D eigenvalue weighted by molar-refractivity contribution is -0.284. The number of carbonyl (C=O) groups excluding carboxylic acids is 1. The third-order valence-corrected chi connectivity index (χ3v) is 3.92. The molecule has 0 aliphatic carbocycles. The number of alkyl halides is 3. The van der Waals surface area contributed by atoms with Gasteiger partial charge in [0.05, 0.1) is 18.3 Å². The summed E-state index contributed by atoms with van der Waals surface area (Å²) in [6.07, 6.45) is -6.32. The molecule has 1 aliphatic heterocycles. The van der Waals surface area contributed by atoms with Crippen LogP contribution in [-0.2, 0) is 4.79 Å². The molecule has 24 heavy (non-hydrogen) atoms. The Morgan fingerprint density at radius 1 is 1.50 bits per heavy atom. The number of aliphatic hydroxyl groups excluding tert-OH is 1. The number of aliphatic hydroxyl groups is 2. The van der Waals surface area contributed by atoms with Gasteiger partial charge in [-0.2, -0.15) is 13.2 Å². The molecule has 0 aromatic carbocycles. The average Bonchev–Trinajstić information content (AvgIpc) is 2.46. The van der Waals surface area contributed by atoms with Gasteiger partial charge in [0.2, 0.25) is 5.91 Å². The second-order valence-corrected chi connectivity index (χ2v) is 5.84. The largest absolute Gasteiger partial charge is 0.418 e. The topological polar surface area (TPSA) is 85.7 Å². The molecule has 134 valence electrons. The first kappa shape index (κ1) is 18.6. The normalized spacial score (nSPS) is 26.9. The second-order valence-electron chi connectivity index (χ2n) is 5.84. The van der Waals surface area contributed by atoms with E-state index in [0.717, 1.165) is 17.2 Å². The van der Waals surface area contributed by atoms with E-state index in [0.29, 0.717) is 0 Å². The van der Waals surface area contributed by atoms with E-state index in [-0.39, 0.29) is 12.4 Å². The molecule has 1 aromatic heterocycles. The summed E-state index contributed by atoms with van der Waals surface area (Å²) in [6.45, 7) is 0.316. The first-order valence-corrected chi connectivity index (χ1v) is 7.15. The van der Waals surface area contributed by atoms with Crippen LogP contribution >= 0.6 is 0 Å². The Balaban J connectivity index is 2.08. The zero-order valence-electron chi connectivity index (χ0n) is 12.7. The second kappa shape index (κ2) is 6.61. The van der Waals surface area contributed by atoms with Gasteiger partial charge in [-0.25, -0.2) is 9.37 Å². The van der Waals surface area contributed by atoms with E-state index in [1.165, 1.54) is 13.0 Å². The van der Waals surface area contributed by atoms with Crippen molar-refractivity contribution in [1.29, 1.82) is 0 Å². The van der Waals surface area contributed by atoms with Crippen molar-refractivity contribution >= 4 is 11.7 Å². The number of likely N-dealkylation sites (tertiary alicyclic amines) is 1. The Morgan fingerprint density at radius 2 is 2.17 bits per heavy atom. The molecule has 0 radical (unpaired) electrons. The smallest absolute Gasteiger partial charge is 0.392 e.